The Balaban J connectivity index is 3.28. The lowest BCUT2D eigenvalue weighted by Gasteiger charge is -2.11. The molecule has 0 bridgehead atoms. The van der Waals surface area contributed by atoms with E-state index in [4.69, 9.17) is 16.7 Å². The van der Waals surface area contributed by atoms with Crippen molar-refractivity contribution in [3.05, 3.63) is 29.1 Å². The maximum atomic E-state index is 13.0. The summed E-state index contributed by atoms with van der Waals surface area (Å²) in [5.41, 5.74) is 11.1. The van der Waals surface area contributed by atoms with Crippen LogP contribution in [-0.2, 0) is 0 Å². The lowest BCUT2D eigenvalue weighted by molar-refractivity contribution is 0.421. The Hall–Kier alpha value is -1.64. The van der Waals surface area contributed by atoms with Crippen molar-refractivity contribution < 1.29 is 9.50 Å². The fourth-order valence-electron chi connectivity index (χ4n) is 1.09. The summed E-state index contributed by atoms with van der Waals surface area (Å²) < 4.78 is 13.0. The molecule has 0 fully saturated rings. The average molecular weight is 195 g/mol. The van der Waals surface area contributed by atoms with Crippen molar-refractivity contribution in [2.45, 2.75) is 6.04 Å². The van der Waals surface area contributed by atoms with Gasteiger partial charge in [0.05, 0.1) is 11.6 Å². The zero-order valence-electron chi connectivity index (χ0n) is 7.37. The summed E-state index contributed by atoms with van der Waals surface area (Å²) in [5, 5.41) is 17.9. The molecule has 0 unspecified atom stereocenters. The molecule has 0 aliphatic heterocycles. The lowest BCUT2D eigenvalue weighted by Crippen LogP contribution is -2.21. The minimum atomic E-state index is -0.858. The first-order valence-electron chi connectivity index (χ1n) is 3.98. The summed E-state index contributed by atoms with van der Waals surface area (Å²) in [5.74, 6) is -1.40. The second-order valence-electron chi connectivity index (χ2n) is 2.85. The lowest BCUT2D eigenvalue weighted by atomic mass is 10.0. The van der Waals surface area contributed by atoms with Gasteiger partial charge in [0, 0.05) is 18.2 Å². The Morgan fingerprint density at radius 1 is 1.57 bits per heavy atom. The summed E-state index contributed by atoms with van der Waals surface area (Å²) in [6.07, 6.45) is 0. The first kappa shape index (κ1) is 10.4. The van der Waals surface area contributed by atoms with Crippen molar-refractivity contribution >= 4 is 0 Å². The molecule has 1 aromatic carbocycles. The van der Waals surface area contributed by atoms with Crippen LogP contribution in [0.15, 0.2) is 12.1 Å². The normalized spacial score (nSPS) is 12.1. The van der Waals surface area contributed by atoms with E-state index in [2.05, 4.69) is 0 Å². The van der Waals surface area contributed by atoms with Crippen molar-refractivity contribution in [1.29, 1.82) is 5.26 Å². The third-order valence-electron chi connectivity index (χ3n) is 1.88. The van der Waals surface area contributed by atoms with Crippen molar-refractivity contribution in [2.24, 2.45) is 11.5 Å². The van der Waals surface area contributed by atoms with Crippen LogP contribution in [0, 0.1) is 17.1 Å². The molecule has 0 saturated heterocycles. The van der Waals surface area contributed by atoms with Crippen LogP contribution in [0.1, 0.15) is 17.2 Å². The standard InChI is InChI=1S/C9H10FN3O/c10-7-2-5(3-11)1-6(9(7)14)8(13)4-12/h1-2,8,14H,4,12-13H2/t8-/m0/s1. The summed E-state index contributed by atoms with van der Waals surface area (Å²) in [6, 6.07) is 3.37. The van der Waals surface area contributed by atoms with Gasteiger partial charge in [-0.2, -0.15) is 5.26 Å². The van der Waals surface area contributed by atoms with E-state index in [0.717, 1.165) is 6.07 Å². The third-order valence-corrected chi connectivity index (χ3v) is 1.88. The van der Waals surface area contributed by atoms with Crippen molar-refractivity contribution in [1.82, 2.24) is 0 Å². The molecular weight excluding hydrogens is 185 g/mol. The number of hydrogen-bond acceptors (Lipinski definition) is 4. The van der Waals surface area contributed by atoms with Gasteiger partial charge in [0.25, 0.3) is 0 Å². The van der Waals surface area contributed by atoms with Gasteiger partial charge in [0.2, 0.25) is 0 Å². The van der Waals surface area contributed by atoms with E-state index < -0.39 is 17.6 Å². The monoisotopic (exact) mass is 195 g/mol. The van der Waals surface area contributed by atoms with E-state index in [9.17, 15) is 9.50 Å². The Labute approximate surface area is 80.6 Å². The van der Waals surface area contributed by atoms with E-state index in [0.29, 0.717) is 0 Å². The fraction of sp³-hybridized carbons (Fsp3) is 0.222. The molecule has 0 aliphatic rings. The maximum Gasteiger partial charge on any atom is 0.166 e. The van der Waals surface area contributed by atoms with Crippen molar-refractivity contribution in [3.63, 3.8) is 0 Å². The quantitative estimate of drug-likeness (QED) is 0.634. The smallest absolute Gasteiger partial charge is 0.166 e. The Morgan fingerprint density at radius 3 is 2.71 bits per heavy atom. The van der Waals surface area contributed by atoms with Crippen LogP contribution in [-0.4, -0.2) is 11.7 Å². The number of nitrogens with two attached hydrogens (primary N) is 2. The highest BCUT2D eigenvalue weighted by Crippen LogP contribution is 2.26. The average Bonchev–Trinajstić information content (AvgIpc) is 2.20. The van der Waals surface area contributed by atoms with Gasteiger partial charge in [-0.1, -0.05) is 0 Å². The molecule has 1 rings (SSSR count). The summed E-state index contributed by atoms with van der Waals surface area (Å²) in [7, 11) is 0. The molecule has 1 atom stereocenters. The predicted octanol–water partition coefficient (Wildman–Crippen LogP) is 0.361. The zero-order chi connectivity index (χ0) is 10.7. The van der Waals surface area contributed by atoms with Crippen LogP contribution in [0.4, 0.5) is 4.39 Å². The molecule has 5 heteroatoms. The largest absolute Gasteiger partial charge is 0.505 e. The number of rotatable bonds is 2. The van der Waals surface area contributed by atoms with Crippen LogP contribution in [0.2, 0.25) is 0 Å². The molecule has 0 radical (unpaired) electrons. The molecule has 1 aromatic rings. The molecule has 0 amide bonds. The highest BCUT2D eigenvalue weighted by molar-refractivity contribution is 5.44. The van der Waals surface area contributed by atoms with Crippen molar-refractivity contribution in [3.8, 4) is 11.8 Å². The molecule has 5 N–H and O–H groups in total. The van der Waals surface area contributed by atoms with Gasteiger partial charge >= 0.3 is 0 Å². The summed E-state index contributed by atoms with van der Waals surface area (Å²) >= 11 is 0. The van der Waals surface area contributed by atoms with Gasteiger partial charge in [-0.15, -0.1) is 0 Å². The van der Waals surface area contributed by atoms with Crippen LogP contribution in [0.5, 0.6) is 5.75 Å². The van der Waals surface area contributed by atoms with Crippen LogP contribution >= 0.6 is 0 Å². The minimum Gasteiger partial charge on any atom is -0.505 e. The van der Waals surface area contributed by atoms with E-state index in [-0.39, 0.29) is 17.7 Å². The Bertz CT molecular complexity index is 386. The van der Waals surface area contributed by atoms with E-state index in [1.54, 1.807) is 6.07 Å². The van der Waals surface area contributed by atoms with Gasteiger partial charge in [0.1, 0.15) is 0 Å². The maximum absolute atomic E-state index is 13.0. The van der Waals surface area contributed by atoms with Gasteiger partial charge < -0.3 is 16.6 Å². The highest BCUT2D eigenvalue weighted by atomic mass is 19.1. The van der Waals surface area contributed by atoms with Crippen LogP contribution < -0.4 is 11.5 Å². The molecule has 0 saturated carbocycles. The fourth-order valence-corrected chi connectivity index (χ4v) is 1.09. The summed E-state index contributed by atoms with van der Waals surface area (Å²) in [6.45, 7) is 0.0713. The van der Waals surface area contributed by atoms with E-state index in [1.165, 1.54) is 6.07 Å². The SMILES string of the molecule is N#Cc1cc(F)c(O)c([C@@H](N)CN)c1. The van der Waals surface area contributed by atoms with E-state index >= 15 is 0 Å². The van der Waals surface area contributed by atoms with E-state index in [1.807, 2.05) is 0 Å². The molecule has 0 spiro atoms. The summed E-state index contributed by atoms with van der Waals surface area (Å²) in [4.78, 5) is 0. The molecule has 4 nitrogen and oxygen atoms in total. The van der Waals surface area contributed by atoms with Gasteiger partial charge in [-0.05, 0) is 12.1 Å². The number of halogens is 1. The Morgan fingerprint density at radius 2 is 2.21 bits per heavy atom. The first-order chi connectivity index (χ1) is 6.60. The number of aromatic hydroxyl groups is 1. The number of benzene rings is 1. The van der Waals surface area contributed by atoms with Crippen molar-refractivity contribution in [2.75, 3.05) is 6.54 Å². The molecule has 0 heterocycles. The first-order valence-corrected chi connectivity index (χ1v) is 3.98. The van der Waals surface area contributed by atoms with Gasteiger partial charge in [-0.25, -0.2) is 4.39 Å². The third kappa shape index (κ3) is 1.82. The highest BCUT2D eigenvalue weighted by Gasteiger charge is 2.14. The number of phenolic OH excluding ortho intramolecular Hbond substituents is 1. The number of nitrogens with zero attached hydrogens (tertiary/aromatic N) is 1. The molecular formula is C9H10FN3O. The number of hydrogen-bond donors (Lipinski definition) is 3. The topological polar surface area (TPSA) is 96.1 Å². The molecule has 14 heavy (non-hydrogen) atoms. The molecule has 0 aromatic heterocycles. The number of nitriles is 1. The molecule has 74 valence electrons. The second-order valence-corrected chi connectivity index (χ2v) is 2.85. The van der Waals surface area contributed by atoms with Gasteiger partial charge in [0.15, 0.2) is 11.6 Å². The zero-order valence-corrected chi connectivity index (χ0v) is 7.37. The predicted molar refractivity (Wildman–Crippen MR) is 48.8 cm³/mol. The van der Waals surface area contributed by atoms with Crippen LogP contribution in [0.3, 0.4) is 0 Å². The minimum absolute atomic E-state index is 0.0713. The van der Waals surface area contributed by atoms with Crippen LogP contribution in [0.25, 0.3) is 0 Å². The Kier molecular flexibility index (Phi) is 3.02. The molecule has 0 aliphatic carbocycles. The number of phenols is 1. The second kappa shape index (κ2) is 4.05. The van der Waals surface area contributed by atoms with Gasteiger partial charge in [-0.3, -0.25) is 0 Å².